The first-order valence-electron chi connectivity index (χ1n) is 6.47. The van der Waals surface area contributed by atoms with Crippen molar-refractivity contribution in [3.05, 3.63) is 71.8 Å². The summed E-state index contributed by atoms with van der Waals surface area (Å²) in [4.78, 5) is 21.8. The number of carbonyl (C=O) groups excluding carboxylic acids is 2. The summed E-state index contributed by atoms with van der Waals surface area (Å²) < 4.78 is 4.79. The van der Waals surface area contributed by atoms with Gasteiger partial charge >= 0.3 is 5.97 Å². The molecule has 5 heteroatoms. The van der Waals surface area contributed by atoms with Crippen LogP contribution in [0.15, 0.2) is 60.7 Å². The van der Waals surface area contributed by atoms with Crippen LogP contribution in [-0.2, 0) is 4.74 Å². The molecule has 0 aliphatic rings. The van der Waals surface area contributed by atoms with Crippen LogP contribution in [0.5, 0.6) is 0 Å². The van der Waals surface area contributed by atoms with Gasteiger partial charge in [-0.15, -0.1) is 0 Å². The molecule has 0 aliphatic carbocycles. The van der Waals surface area contributed by atoms with E-state index in [2.05, 4.69) is 0 Å². The van der Waals surface area contributed by atoms with Crippen molar-refractivity contribution in [3.8, 4) is 0 Å². The standard InChI is InChI=1S/C9H10O2.C7H8N2O/c1-2-11-9(10)8-6-4-3-5-7-8;8-9-7(10)6-4-2-1-3-5-6/h3-7H,2H2,1H3;1-5H,8H2,(H,9,10). The number of hydrogen-bond donors (Lipinski definition) is 2. The first-order valence-corrected chi connectivity index (χ1v) is 6.47. The Morgan fingerprint density at radius 3 is 1.86 bits per heavy atom. The highest BCUT2D eigenvalue weighted by Gasteiger charge is 2.02. The molecule has 0 aliphatic heterocycles. The molecule has 3 N–H and O–H groups in total. The lowest BCUT2D eigenvalue weighted by atomic mass is 10.2. The Kier molecular flexibility index (Phi) is 7.24. The molecule has 0 heterocycles. The van der Waals surface area contributed by atoms with Crippen LogP contribution in [0.1, 0.15) is 27.6 Å². The van der Waals surface area contributed by atoms with Crippen LogP contribution in [0.3, 0.4) is 0 Å². The van der Waals surface area contributed by atoms with Crippen molar-refractivity contribution in [1.29, 1.82) is 0 Å². The van der Waals surface area contributed by atoms with E-state index in [1.165, 1.54) is 0 Å². The smallest absolute Gasteiger partial charge is 0.338 e. The maximum atomic E-state index is 11.0. The molecule has 21 heavy (non-hydrogen) atoms. The molecule has 0 bridgehead atoms. The fourth-order valence-corrected chi connectivity index (χ4v) is 1.46. The van der Waals surface area contributed by atoms with E-state index in [1.54, 1.807) is 43.3 Å². The monoisotopic (exact) mass is 286 g/mol. The van der Waals surface area contributed by atoms with Crippen LogP contribution in [0, 0.1) is 0 Å². The zero-order valence-corrected chi connectivity index (χ0v) is 11.8. The fourth-order valence-electron chi connectivity index (χ4n) is 1.46. The van der Waals surface area contributed by atoms with E-state index < -0.39 is 0 Å². The number of amides is 1. The number of esters is 1. The van der Waals surface area contributed by atoms with E-state index in [0.29, 0.717) is 17.7 Å². The highest BCUT2D eigenvalue weighted by molar-refractivity contribution is 5.93. The van der Waals surface area contributed by atoms with E-state index in [9.17, 15) is 9.59 Å². The molecule has 0 spiro atoms. The number of nitrogens with two attached hydrogens (primary N) is 1. The predicted octanol–water partition coefficient (Wildman–Crippen LogP) is 2.15. The molecule has 0 saturated carbocycles. The van der Waals surface area contributed by atoms with Crippen molar-refractivity contribution in [1.82, 2.24) is 5.43 Å². The molecule has 5 nitrogen and oxygen atoms in total. The van der Waals surface area contributed by atoms with E-state index in [-0.39, 0.29) is 11.9 Å². The summed E-state index contributed by atoms with van der Waals surface area (Å²) >= 11 is 0. The zero-order chi connectivity index (χ0) is 15.5. The van der Waals surface area contributed by atoms with Crippen molar-refractivity contribution >= 4 is 11.9 Å². The lowest BCUT2D eigenvalue weighted by molar-refractivity contribution is 0.0526. The third-order valence-corrected chi connectivity index (χ3v) is 2.45. The Morgan fingerprint density at radius 2 is 1.43 bits per heavy atom. The summed E-state index contributed by atoms with van der Waals surface area (Å²) in [6.45, 7) is 2.22. The molecule has 0 fully saturated rings. The van der Waals surface area contributed by atoms with Crippen molar-refractivity contribution in [2.45, 2.75) is 6.92 Å². The van der Waals surface area contributed by atoms with Gasteiger partial charge in [-0.3, -0.25) is 10.2 Å². The van der Waals surface area contributed by atoms with Crippen molar-refractivity contribution < 1.29 is 14.3 Å². The Hall–Kier alpha value is -2.66. The Labute approximate surface area is 123 Å². The number of benzene rings is 2. The topological polar surface area (TPSA) is 81.4 Å². The molecule has 2 rings (SSSR count). The maximum Gasteiger partial charge on any atom is 0.338 e. The van der Waals surface area contributed by atoms with Crippen LogP contribution in [0.4, 0.5) is 0 Å². The molecule has 0 unspecified atom stereocenters. The van der Waals surface area contributed by atoms with Gasteiger partial charge in [-0.25, -0.2) is 10.6 Å². The van der Waals surface area contributed by atoms with Crippen molar-refractivity contribution in [2.24, 2.45) is 5.84 Å². The molecule has 0 atom stereocenters. The van der Waals surface area contributed by atoms with Gasteiger partial charge in [-0.1, -0.05) is 36.4 Å². The van der Waals surface area contributed by atoms with Crippen LogP contribution in [0.25, 0.3) is 0 Å². The number of hydrogen-bond acceptors (Lipinski definition) is 4. The summed E-state index contributed by atoms with van der Waals surface area (Å²) in [7, 11) is 0. The minimum absolute atomic E-state index is 0.256. The lowest BCUT2D eigenvalue weighted by Gasteiger charge is -1.99. The minimum atomic E-state index is -0.263. The van der Waals surface area contributed by atoms with Crippen LogP contribution >= 0.6 is 0 Å². The first-order chi connectivity index (χ1) is 10.2. The highest BCUT2D eigenvalue weighted by Crippen LogP contribution is 2.00. The normalized spacial score (nSPS) is 9.05. The van der Waals surface area contributed by atoms with Gasteiger partial charge in [0.05, 0.1) is 12.2 Å². The third kappa shape index (κ3) is 5.88. The molecular formula is C16H18N2O3. The molecule has 110 valence electrons. The molecule has 2 aromatic rings. The lowest BCUT2D eigenvalue weighted by Crippen LogP contribution is -2.29. The van der Waals surface area contributed by atoms with E-state index in [4.69, 9.17) is 10.6 Å². The molecular weight excluding hydrogens is 268 g/mol. The predicted molar refractivity (Wildman–Crippen MR) is 80.5 cm³/mol. The third-order valence-electron chi connectivity index (χ3n) is 2.45. The van der Waals surface area contributed by atoms with Crippen molar-refractivity contribution in [3.63, 3.8) is 0 Å². The largest absolute Gasteiger partial charge is 0.462 e. The fraction of sp³-hybridized carbons (Fsp3) is 0.125. The van der Waals surface area contributed by atoms with E-state index in [0.717, 1.165) is 0 Å². The number of rotatable bonds is 3. The summed E-state index contributed by atoms with van der Waals surface area (Å²) in [5, 5.41) is 0. The Balaban J connectivity index is 0.000000211. The number of ether oxygens (including phenoxy) is 1. The molecule has 1 amide bonds. The summed E-state index contributed by atoms with van der Waals surface area (Å²) in [5.74, 6) is 4.38. The van der Waals surface area contributed by atoms with Gasteiger partial charge in [0.2, 0.25) is 0 Å². The molecule has 2 aromatic carbocycles. The highest BCUT2D eigenvalue weighted by atomic mass is 16.5. The second-order valence-electron chi connectivity index (χ2n) is 3.93. The second-order valence-corrected chi connectivity index (χ2v) is 3.93. The van der Waals surface area contributed by atoms with Gasteiger partial charge in [0.1, 0.15) is 0 Å². The van der Waals surface area contributed by atoms with Crippen LogP contribution in [-0.4, -0.2) is 18.5 Å². The number of hydrazine groups is 1. The molecule has 0 saturated heterocycles. The zero-order valence-electron chi connectivity index (χ0n) is 11.8. The van der Waals surface area contributed by atoms with Gasteiger partial charge in [0.25, 0.3) is 5.91 Å². The van der Waals surface area contributed by atoms with E-state index >= 15 is 0 Å². The second kappa shape index (κ2) is 9.28. The summed E-state index contributed by atoms with van der Waals surface area (Å²) in [5.41, 5.74) is 3.22. The van der Waals surface area contributed by atoms with E-state index in [1.807, 2.05) is 29.7 Å². The van der Waals surface area contributed by atoms with Gasteiger partial charge in [-0.2, -0.15) is 0 Å². The first kappa shape index (κ1) is 16.4. The average molecular weight is 286 g/mol. The van der Waals surface area contributed by atoms with Gasteiger partial charge in [0, 0.05) is 5.56 Å². The number of nitrogens with one attached hydrogen (secondary N) is 1. The molecule has 0 radical (unpaired) electrons. The SMILES string of the molecule is CCOC(=O)c1ccccc1.NNC(=O)c1ccccc1. The maximum absolute atomic E-state index is 11.0. The Bertz CT molecular complexity index is 556. The average Bonchev–Trinajstić information content (AvgIpc) is 2.56. The van der Waals surface area contributed by atoms with Crippen LogP contribution in [0.2, 0.25) is 0 Å². The number of nitrogen functional groups attached to an aromatic ring is 1. The minimum Gasteiger partial charge on any atom is -0.462 e. The quantitative estimate of drug-likeness (QED) is 0.392. The summed E-state index contributed by atoms with van der Waals surface area (Å²) in [6, 6.07) is 17.8. The molecule has 0 aromatic heterocycles. The van der Waals surface area contributed by atoms with Gasteiger partial charge in [-0.05, 0) is 31.2 Å². The van der Waals surface area contributed by atoms with Crippen molar-refractivity contribution in [2.75, 3.05) is 6.61 Å². The van der Waals surface area contributed by atoms with Gasteiger partial charge < -0.3 is 4.74 Å². The Morgan fingerprint density at radius 1 is 0.952 bits per heavy atom. The summed E-state index contributed by atoms with van der Waals surface area (Å²) in [6.07, 6.45) is 0. The van der Waals surface area contributed by atoms with Crippen LogP contribution < -0.4 is 11.3 Å². The number of carbonyl (C=O) groups is 2. The van der Waals surface area contributed by atoms with Gasteiger partial charge in [0.15, 0.2) is 0 Å².